The third-order valence-electron chi connectivity index (χ3n) is 3.33. The molecule has 0 aliphatic carbocycles. The van der Waals surface area contributed by atoms with E-state index in [1.54, 1.807) is 49.6 Å². The fourth-order valence-electron chi connectivity index (χ4n) is 2.11. The molecule has 1 amide bonds. The van der Waals surface area contributed by atoms with Crippen molar-refractivity contribution in [1.82, 2.24) is 10.6 Å². The Hall–Kier alpha value is -1.50. The summed E-state index contributed by atoms with van der Waals surface area (Å²) in [4.78, 5) is 12.5. The maximum Gasteiger partial charge on any atom is 0.256 e. The lowest BCUT2D eigenvalue weighted by atomic mass is 10.2. The molecular formula is C18H21Cl3N2O3. The first-order valence-electron chi connectivity index (χ1n) is 7.82. The Kier molecular flexibility index (Phi) is 10.4. The molecule has 0 aliphatic rings. The van der Waals surface area contributed by atoms with E-state index in [0.717, 1.165) is 6.54 Å². The van der Waals surface area contributed by atoms with Gasteiger partial charge in [0.1, 0.15) is 17.1 Å². The van der Waals surface area contributed by atoms with E-state index in [1.807, 2.05) is 0 Å². The zero-order valence-corrected chi connectivity index (χ0v) is 16.6. The quantitative estimate of drug-likeness (QED) is 0.599. The number of benzene rings is 2. The Morgan fingerprint density at radius 3 is 2.38 bits per heavy atom. The first kappa shape index (κ1) is 22.5. The maximum atomic E-state index is 12.5. The van der Waals surface area contributed by atoms with Crippen LogP contribution < -0.4 is 15.4 Å². The third kappa shape index (κ3) is 6.67. The van der Waals surface area contributed by atoms with Crippen LogP contribution in [0.4, 0.5) is 0 Å². The van der Waals surface area contributed by atoms with Gasteiger partial charge in [-0.25, -0.2) is 0 Å². The summed E-state index contributed by atoms with van der Waals surface area (Å²) in [5.74, 6) is 0.508. The number of nitrogens with one attached hydrogen (secondary N) is 2. The number of rotatable bonds is 9. The van der Waals surface area contributed by atoms with E-state index in [0.29, 0.717) is 41.2 Å². The third-order valence-corrected chi connectivity index (χ3v) is 3.96. The Morgan fingerprint density at radius 1 is 0.962 bits per heavy atom. The second kappa shape index (κ2) is 12.0. The number of carbonyl (C=O) groups is 1. The smallest absolute Gasteiger partial charge is 0.256 e. The van der Waals surface area contributed by atoms with Gasteiger partial charge in [-0.2, -0.15) is 0 Å². The summed E-state index contributed by atoms with van der Waals surface area (Å²) in [5.41, 5.74) is 0.279. The van der Waals surface area contributed by atoms with E-state index in [2.05, 4.69) is 10.6 Å². The van der Waals surface area contributed by atoms with Gasteiger partial charge in [0.15, 0.2) is 0 Å². The molecule has 2 aromatic carbocycles. The summed E-state index contributed by atoms with van der Waals surface area (Å²) in [7, 11) is 1.64. The van der Waals surface area contributed by atoms with Gasteiger partial charge in [-0.1, -0.05) is 41.4 Å². The maximum absolute atomic E-state index is 12.5. The first-order valence-corrected chi connectivity index (χ1v) is 8.58. The van der Waals surface area contributed by atoms with Crippen molar-refractivity contribution in [1.29, 1.82) is 0 Å². The largest absolute Gasteiger partial charge is 0.455 e. The number of ether oxygens (including phenoxy) is 2. The lowest BCUT2D eigenvalue weighted by molar-refractivity contribution is 0.0951. The number of hydrogen-bond acceptors (Lipinski definition) is 4. The minimum absolute atomic E-state index is 0. The SMILES string of the molecule is COCCNCCNC(=O)c1c(Cl)cccc1Oc1ccccc1Cl.Cl. The molecular weight excluding hydrogens is 399 g/mol. The van der Waals surface area contributed by atoms with Gasteiger partial charge in [-0.3, -0.25) is 4.79 Å². The zero-order chi connectivity index (χ0) is 18.1. The highest BCUT2D eigenvalue weighted by Gasteiger charge is 2.17. The normalized spacial score (nSPS) is 10.1. The molecule has 2 rings (SSSR count). The van der Waals surface area contributed by atoms with Gasteiger partial charge < -0.3 is 20.1 Å². The number of methoxy groups -OCH3 is 1. The summed E-state index contributed by atoms with van der Waals surface area (Å²) in [6.45, 7) is 2.42. The van der Waals surface area contributed by atoms with Gasteiger partial charge >= 0.3 is 0 Å². The molecule has 8 heteroatoms. The van der Waals surface area contributed by atoms with Crippen LogP contribution in [0.15, 0.2) is 42.5 Å². The average Bonchev–Trinajstić information content (AvgIpc) is 2.60. The van der Waals surface area contributed by atoms with Crippen molar-refractivity contribution < 1.29 is 14.3 Å². The molecule has 0 unspecified atom stereocenters. The highest BCUT2D eigenvalue weighted by Crippen LogP contribution is 2.33. The molecule has 0 saturated carbocycles. The predicted octanol–water partition coefficient (Wildman–Crippen LogP) is 4.17. The van der Waals surface area contributed by atoms with Crippen molar-refractivity contribution in [2.75, 3.05) is 33.4 Å². The zero-order valence-electron chi connectivity index (χ0n) is 14.3. The molecule has 2 N–H and O–H groups in total. The van der Waals surface area contributed by atoms with Gasteiger partial charge in [-0.05, 0) is 24.3 Å². The molecule has 0 atom stereocenters. The van der Waals surface area contributed by atoms with E-state index in [9.17, 15) is 4.79 Å². The summed E-state index contributed by atoms with van der Waals surface area (Å²) in [6.07, 6.45) is 0. The van der Waals surface area contributed by atoms with Crippen molar-refractivity contribution in [3.63, 3.8) is 0 Å². The average molecular weight is 420 g/mol. The number of amides is 1. The van der Waals surface area contributed by atoms with Gasteiger partial charge in [0, 0.05) is 26.7 Å². The van der Waals surface area contributed by atoms with E-state index in [1.165, 1.54) is 0 Å². The minimum atomic E-state index is -0.304. The molecule has 142 valence electrons. The lowest BCUT2D eigenvalue weighted by Gasteiger charge is -2.14. The van der Waals surface area contributed by atoms with Crippen molar-refractivity contribution >= 4 is 41.5 Å². The van der Waals surface area contributed by atoms with Gasteiger partial charge in [0.2, 0.25) is 0 Å². The van der Waals surface area contributed by atoms with Gasteiger partial charge in [0.05, 0.1) is 16.7 Å². The molecule has 0 bridgehead atoms. The molecule has 0 spiro atoms. The predicted molar refractivity (Wildman–Crippen MR) is 107 cm³/mol. The fraction of sp³-hybridized carbons (Fsp3) is 0.278. The molecule has 0 aliphatic heterocycles. The Bertz CT molecular complexity index is 714. The van der Waals surface area contributed by atoms with Crippen LogP contribution >= 0.6 is 35.6 Å². The summed E-state index contributed by atoms with van der Waals surface area (Å²) < 4.78 is 10.7. The highest BCUT2D eigenvalue weighted by atomic mass is 35.5. The van der Waals surface area contributed by atoms with Crippen LogP contribution in [0.25, 0.3) is 0 Å². The molecule has 0 fully saturated rings. The van der Waals surface area contributed by atoms with Crippen LogP contribution in [0.2, 0.25) is 10.0 Å². The molecule has 26 heavy (non-hydrogen) atoms. The first-order chi connectivity index (χ1) is 12.1. The van der Waals surface area contributed by atoms with Crippen molar-refractivity contribution in [3.8, 4) is 11.5 Å². The van der Waals surface area contributed by atoms with Crippen LogP contribution in [0.3, 0.4) is 0 Å². The summed E-state index contributed by atoms with van der Waals surface area (Å²) in [6, 6.07) is 12.1. The van der Waals surface area contributed by atoms with E-state index in [4.69, 9.17) is 32.7 Å². The van der Waals surface area contributed by atoms with Crippen LogP contribution in [-0.2, 0) is 4.74 Å². The van der Waals surface area contributed by atoms with Crippen LogP contribution in [0, 0.1) is 0 Å². The molecule has 0 radical (unpaired) electrons. The fourth-order valence-corrected chi connectivity index (χ4v) is 2.53. The summed E-state index contributed by atoms with van der Waals surface area (Å²) >= 11 is 12.3. The van der Waals surface area contributed by atoms with Crippen molar-refractivity contribution in [2.45, 2.75) is 0 Å². The Morgan fingerprint density at radius 2 is 1.65 bits per heavy atom. The Labute approximate surface area is 169 Å². The molecule has 2 aromatic rings. The monoisotopic (exact) mass is 418 g/mol. The molecule has 5 nitrogen and oxygen atoms in total. The number of para-hydroxylation sites is 1. The molecule has 0 saturated heterocycles. The molecule has 0 aromatic heterocycles. The van der Waals surface area contributed by atoms with Crippen molar-refractivity contribution in [3.05, 3.63) is 58.1 Å². The second-order valence-corrected chi connectivity index (χ2v) is 5.96. The number of carbonyl (C=O) groups excluding carboxylic acids is 1. The minimum Gasteiger partial charge on any atom is -0.455 e. The van der Waals surface area contributed by atoms with Gasteiger partial charge in [-0.15, -0.1) is 12.4 Å². The van der Waals surface area contributed by atoms with Gasteiger partial charge in [0.25, 0.3) is 5.91 Å². The highest BCUT2D eigenvalue weighted by molar-refractivity contribution is 6.34. The van der Waals surface area contributed by atoms with E-state index >= 15 is 0 Å². The van der Waals surface area contributed by atoms with Crippen LogP contribution in [0.5, 0.6) is 11.5 Å². The lowest BCUT2D eigenvalue weighted by Crippen LogP contribution is -2.33. The number of hydrogen-bond donors (Lipinski definition) is 2. The molecule has 0 heterocycles. The topological polar surface area (TPSA) is 59.6 Å². The number of halogens is 3. The standard InChI is InChI=1S/C18H20Cl2N2O3.ClH/c1-24-12-11-21-9-10-22-18(23)17-14(20)6-4-8-16(17)25-15-7-3-2-5-13(15)19;/h2-8,21H,9-12H2,1H3,(H,22,23);1H. The van der Waals surface area contributed by atoms with E-state index < -0.39 is 0 Å². The summed E-state index contributed by atoms with van der Waals surface area (Å²) in [5, 5.41) is 6.74. The van der Waals surface area contributed by atoms with Crippen LogP contribution in [-0.4, -0.2) is 39.3 Å². The Balaban J connectivity index is 0.00000338. The van der Waals surface area contributed by atoms with E-state index in [-0.39, 0.29) is 23.9 Å². The van der Waals surface area contributed by atoms with Crippen molar-refractivity contribution in [2.24, 2.45) is 0 Å². The second-order valence-electron chi connectivity index (χ2n) is 5.14. The van der Waals surface area contributed by atoms with Crippen LogP contribution in [0.1, 0.15) is 10.4 Å².